The van der Waals surface area contributed by atoms with E-state index in [1.54, 1.807) is 36.0 Å². The molecule has 8 nitrogen and oxygen atoms in total. The van der Waals surface area contributed by atoms with Gasteiger partial charge in [-0.1, -0.05) is 103 Å². The maximum atomic E-state index is 13.0. The lowest BCUT2D eigenvalue weighted by Gasteiger charge is -2.20. The van der Waals surface area contributed by atoms with Crippen LogP contribution in [0.4, 0.5) is 5.69 Å². The van der Waals surface area contributed by atoms with Gasteiger partial charge in [0.1, 0.15) is 11.8 Å². The van der Waals surface area contributed by atoms with E-state index in [1.165, 1.54) is 70.6 Å². The molecule has 44 heavy (non-hydrogen) atoms. The third kappa shape index (κ3) is 19.0. The van der Waals surface area contributed by atoms with Crippen LogP contribution in [0.15, 0.2) is 24.3 Å². The number of thioether (sulfide) groups is 1. The fraction of sp³-hybridized carbons (Fsp3) is 0.714. The first kappa shape index (κ1) is 39.5. The quantitative estimate of drug-likeness (QED) is 0.0658. The van der Waals surface area contributed by atoms with Gasteiger partial charge in [-0.15, -0.1) is 0 Å². The number of anilines is 1. The first-order valence-electron chi connectivity index (χ1n) is 16.9. The smallest absolute Gasteiger partial charge is 0.240 e. The van der Waals surface area contributed by atoms with Crippen molar-refractivity contribution in [2.75, 3.05) is 24.3 Å². The minimum absolute atomic E-state index is 0.208. The molecule has 6 N–H and O–H groups in total. The van der Waals surface area contributed by atoms with Crippen LogP contribution in [-0.2, 0) is 25.6 Å². The van der Waals surface area contributed by atoms with Crippen LogP contribution in [0.5, 0.6) is 0 Å². The summed E-state index contributed by atoms with van der Waals surface area (Å²) in [6.45, 7) is 3.90. The lowest BCUT2D eigenvalue weighted by atomic mass is 9.88. The maximum Gasteiger partial charge on any atom is 0.240 e. The summed E-state index contributed by atoms with van der Waals surface area (Å²) in [7, 11) is 0. The van der Waals surface area contributed by atoms with Crippen LogP contribution in [0.3, 0.4) is 0 Å². The van der Waals surface area contributed by atoms with Crippen molar-refractivity contribution in [3.8, 4) is 0 Å². The molecule has 0 fully saturated rings. The Morgan fingerprint density at radius 3 is 1.91 bits per heavy atom. The van der Waals surface area contributed by atoms with E-state index >= 15 is 0 Å². The number of nitrogen functional groups attached to an aromatic ring is 1. The molecule has 1 rings (SSSR count). The molecule has 0 aliphatic carbocycles. The SMILES string of the molecule is CCCCCCCCCCCCCCCC(=O)C(C)CC(CCSC)C(=O)NCC(=O)NC(Cc1ccc(N)cc1)C(N)=O. The number of hydrogen-bond donors (Lipinski definition) is 4. The van der Waals surface area contributed by atoms with Gasteiger partial charge in [-0.05, 0) is 49.0 Å². The highest BCUT2D eigenvalue weighted by Gasteiger charge is 2.25. The molecule has 0 saturated heterocycles. The number of hydrogen-bond acceptors (Lipinski definition) is 6. The third-order valence-corrected chi connectivity index (χ3v) is 8.92. The molecule has 3 atom stereocenters. The summed E-state index contributed by atoms with van der Waals surface area (Å²) in [5, 5.41) is 5.32. The first-order valence-corrected chi connectivity index (χ1v) is 18.3. The molecule has 9 heteroatoms. The molecule has 0 aliphatic rings. The van der Waals surface area contributed by atoms with Gasteiger partial charge in [0.25, 0.3) is 0 Å². The lowest BCUT2D eigenvalue weighted by Crippen LogP contribution is -2.49. The van der Waals surface area contributed by atoms with Gasteiger partial charge in [-0.3, -0.25) is 19.2 Å². The number of ketones is 1. The summed E-state index contributed by atoms with van der Waals surface area (Å²) in [5.74, 6) is -0.970. The van der Waals surface area contributed by atoms with Gasteiger partial charge >= 0.3 is 0 Å². The second-order valence-corrected chi connectivity index (χ2v) is 13.2. The molecule has 3 amide bonds. The fourth-order valence-electron chi connectivity index (χ4n) is 5.41. The summed E-state index contributed by atoms with van der Waals surface area (Å²) in [5.41, 5.74) is 12.6. The highest BCUT2D eigenvalue weighted by atomic mass is 32.2. The summed E-state index contributed by atoms with van der Waals surface area (Å²) < 4.78 is 0. The number of primary amides is 1. The van der Waals surface area contributed by atoms with Crippen LogP contribution in [0.25, 0.3) is 0 Å². The number of carbonyl (C=O) groups is 4. The molecule has 0 bridgehead atoms. The van der Waals surface area contributed by atoms with Crippen molar-refractivity contribution in [1.82, 2.24) is 10.6 Å². The molecular weight excluding hydrogens is 572 g/mol. The Kier molecular flexibility index (Phi) is 22.2. The van der Waals surface area contributed by atoms with E-state index in [0.717, 1.165) is 24.2 Å². The normalized spacial score (nSPS) is 13.2. The summed E-state index contributed by atoms with van der Waals surface area (Å²) in [4.78, 5) is 50.4. The van der Waals surface area contributed by atoms with Crippen LogP contribution >= 0.6 is 11.8 Å². The van der Waals surface area contributed by atoms with Crippen molar-refractivity contribution in [2.45, 2.75) is 129 Å². The highest BCUT2D eigenvalue weighted by molar-refractivity contribution is 7.98. The summed E-state index contributed by atoms with van der Waals surface area (Å²) in [6, 6.07) is 6.08. The topological polar surface area (TPSA) is 144 Å². The van der Waals surface area contributed by atoms with E-state index < -0.39 is 17.9 Å². The molecule has 1 aromatic carbocycles. The van der Waals surface area contributed by atoms with Crippen molar-refractivity contribution in [3.63, 3.8) is 0 Å². The summed E-state index contributed by atoms with van der Waals surface area (Å²) in [6.07, 6.45) is 20.4. The number of carbonyl (C=O) groups excluding carboxylic acids is 4. The maximum absolute atomic E-state index is 13.0. The number of nitrogens with two attached hydrogens (primary N) is 2. The second-order valence-electron chi connectivity index (χ2n) is 12.3. The standard InChI is InChI=1S/C35H60N4O4S/c1-4-5-6-7-8-9-10-11-12-13-14-15-16-17-32(40)27(2)24-29(22-23-44-3)35(43)38-26-33(41)39-31(34(37)42)25-28-18-20-30(36)21-19-28/h18-21,27,29,31H,4-17,22-26,36H2,1-3H3,(H2,37,42)(H,38,43)(H,39,41). The molecule has 0 aromatic heterocycles. The molecule has 0 spiro atoms. The van der Waals surface area contributed by atoms with Crippen LogP contribution in [0.2, 0.25) is 0 Å². The monoisotopic (exact) mass is 632 g/mol. The zero-order valence-electron chi connectivity index (χ0n) is 27.7. The molecule has 250 valence electrons. The average Bonchev–Trinajstić information content (AvgIpc) is 3.00. The van der Waals surface area contributed by atoms with E-state index in [1.807, 2.05) is 13.2 Å². The number of nitrogens with one attached hydrogen (secondary N) is 2. The molecule has 3 unspecified atom stereocenters. The zero-order chi connectivity index (χ0) is 32.6. The Morgan fingerprint density at radius 1 is 0.841 bits per heavy atom. The van der Waals surface area contributed by atoms with Crippen molar-refractivity contribution in [3.05, 3.63) is 29.8 Å². The van der Waals surface area contributed by atoms with Crippen LogP contribution in [-0.4, -0.2) is 48.1 Å². The number of unbranched alkanes of at least 4 members (excludes halogenated alkanes) is 12. The van der Waals surface area contributed by atoms with Gasteiger partial charge in [0.15, 0.2) is 0 Å². The van der Waals surface area contributed by atoms with Crippen molar-refractivity contribution < 1.29 is 19.2 Å². The summed E-state index contributed by atoms with van der Waals surface area (Å²) >= 11 is 1.65. The van der Waals surface area contributed by atoms with Gasteiger partial charge in [0.2, 0.25) is 17.7 Å². The van der Waals surface area contributed by atoms with Crippen LogP contribution in [0, 0.1) is 11.8 Å². The third-order valence-electron chi connectivity index (χ3n) is 8.28. The van der Waals surface area contributed by atoms with E-state index in [2.05, 4.69) is 17.6 Å². The predicted molar refractivity (Wildman–Crippen MR) is 184 cm³/mol. The van der Waals surface area contributed by atoms with Gasteiger partial charge in [0.05, 0.1) is 6.54 Å². The number of Topliss-reactive ketones (excluding diaryl/α,β-unsaturated/α-hetero) is 1. The Bertz CT molecular complexity index is 957. The van der Waals surface area contributed by atoms with Crippen molar-refractivity contribution in [2.24, 2.45) is 17.6 Å². The van der Waals surface area contributed by atoms with E-state index in [4.69, 9.17) is 11.5 Å². The van der Waals surface area contributed by atoms with Gasteiger partial charge < -0.3 is 22.1 Å². The first-order chi connectivity index (χ1) is 21.2. The molecule has 0 saturated carbocycles. The van der Waals surface area contributed by atoms with Gasteiger partial charge in [0, 0.05) is 30.4 Å². The number of benzene rings is 1. The largest absolute Gasteiger partial charge is 0.399 e. The Hall–Kier alpha value is -2.55. The predicted octanol–water partition coefficient (Wildman–Crippen LogP) is 6.34. The van der Waals surface area contributed by atoms with E-state index in [0.29, 0.717) is 24.9 Å². The minimum atomic E-state index is -0.905. The van der Waals surface area contributed by atoms with Crippen molar-refractivity contribution in [1.29, 1.82) is 0 Å². The van der Waals surface area contributed by atoms with E-state index in [9.17, 15) is 19.2 Å². The molecule has 1 aromatic rings. The molecular formula is C35H60N4O4S. The second kappa shape index (κ2) is 24.7. The fourth-order valence-corrected chi connectivity index (χ4v) is 5.93. The van der Waals surface area contributed by atoms with Crippen molar-refractivity contribution >= 4 is 41.0 Å². The Balaban J connectivity index is 2.36. The van der Waals surface area contributed by atoms with Crippen LogP contribution in [0.1, 0.15) is 122 Å². The molecule has 0 radical (unpaired) electrons. The molecule has 0 heterocycles. The average molecular weight is 633 g/mol. The number of rotatable bonds is 27. The molecule has 0 aliphatic heterocycles. The van der Waals surface area contributed by atoms with Gasteiger partial charge in [-0.25, -0.2) is 0 Å². The Labute approximate surface area is 271 Å². The van der Waals surface area contributed by atoms with E-state index in [-0.39, 0.29) is 36.5 Å². The lowest BCUT2D eigenvalue weighted by molar-refractivity contribution is -0.130. The van der Waals surface area contributed by atoms with Crippen LogP contribution < -0.4 is 22.1 Å². The highest BCUT2D eigenvalue weighted by Crippen LogP contribution is 2.21. The van der Waals surface area contributed by atoms with Gasteiger partial charge in [-0.2, -0.15) is 11.8 Å². The minimum Gasteiger partial charge on any atom is -0.399 e. The number of amides is 3. The zero-order valence-corrected chi connectivity index (χ0v) is 28.5. The Morgan fingerprint density at radius 2 is 1.39 bits per heavy atom.